The summed E-state index contributed by atoms with van der Waals surface area (Å²) in [7, 11) is 3.30. The summed E-state index contributed by atoms with van der Waals surface area (Å²) >= 11 is 0. The summed E-state index contributed by atoms with van der Waals surface area (Å²) in [5.41, 5.74) is 5.07. The zero-order valence-corrected chi connectivity index (χ0v) is 21.3. The number of hydrogen-bond acceptors (Lipinski definition) is 5. The molecule has 2 heterocycles. The van der Waals surface area contributed by atoms with Gasteiger partial charge in [-0.1, -0.05) is 29.8 Å². The van der Waals surface area contributed by atoms with Gasteiger partial charge in [-0.25, -0.2) is 0 Å². The molecule has 1 saturated heterocycles. The van der Waals surface area contributed by atoms with Crippen molar-refractivity contribution in [3.63, 3.8) is 0 Å². The minimum absolute atomic E-state index is 0. The van der Waals surface area contributed by atoms with Gasteiger partial charge in [-0.05, 0) is 42.2 Å². The van der Waals surface area contributed by atoms with Crippen LogP contribution in [-0.4, -0.2) is 74.1 Å². The number of benzene rings is 2. The molecule has 8 heteroatoms. The van der Waals surface area contributed by atoms with Gasteiger partial charge in [-0.3, -0.25) is 14.6 Å². The standard InChI is InChI=1S/C25H33N3O3.2ClH/c1-19-5-4-6-20(13-19)16-26-9-11-27(12-10-26)18-25(29)28-8-7-21-14-23(30-2)24(31-3)15-22(21)17-28;;/h4-6,13-15H,7-12,16-18H2,1-3H3;2*1H. The molecule has 0 atom stereocenters. The molecule has 0 bridgehead atoms. The normalized spacial score (nSPS) is 16.3. The number of ether oxygens (including phenoxy) is 2. The quantitative estimate of drug-likeness (QED) is 0.612. The SMILES string of the molecule is COc1cc2c(cc1OC)CN(C(=O)CN1CCN(Cc3cccc(C)c3)CC1)CC2.Cl.Cl. The Morgan fingerprint density at radius 3 is 2.15 bits per heavy atom. The maximum absolute atomic E-state index is 13.0. The summed E-state index contributed by atoms with van der Waals surface area (Å²) in [6, 6.07) is 12.8. The first-order valence-electron chi connectivity index (χ1n) is 11.1. The van der Waals surface area contributed by atoms with Crippen molar-refractivity contribution in [2.75, 3.05) is 53.5 Å². The van der Waals surface area contributed by atoms with Gasteiger partial charge in [-0.15, -0.1) is 24.8 Å². The number of methoxy groups -OCH3 is 2. The summed E-state index contributed by atoms with van der Waals surface area (Å²) in [6.07, 6.45) is 0.853. The van der Waals surface area contributed by atoms with Crippen LogP contribution >= 0.6 is 24.8 Å². The van der Waals surface area contributed by atoms with Gasteiger partial charge in [0.2, 0.25) is 5.91 Å². The van der Waals surface area contributed by atoms with E-state index in [0.717, 1.165) is 62.8 Å². The molecule has 0 saturated carbocycles. The fraction of sp³-hybridized carbons (Fsp3) is 0.480. The Hall–Kier alpha value is -1.99. The average molecular weight is 496 g/mol. The van der Waals surface area contributed by atoms with Crippen LogP contribution in [0.25, 0.3) is 0 Å². The Labute approximate surface area is 209 Å². The molecule has 2 aliphatic heterocycles. The van der Waals surface area contributed by atoms with Crippen molar-refractivity contribution in [3.8, 4) is 11.5 Å². The molecule has 0 radical (unpaired) electrons. The first-order valence-corrected chi connectivity index (χ1v) is 11.1. The van der Waals surface area contributed by atoms with Crippen LogP contribution in [-0.2, 0) is 24.3 Å². The minimum Gasteiger partial charge on any atom is -0.493 e. The lowest BCUT2D eigenvalue weighted by Gasteiger charge is -2.36. The molecule has 33 heavy (non-hydrogen) atoms. The number of piperazine rings is 1. The first-order chi connectivity index (χ1) is 15.1. The molecule has 1 amide bonds. The summed E-state index contributed by atoms with van der Waals surface area (Å²) in [5, 5.41) is 0. The molecule has 4 rings (SSSR count). The highest BCUT2D eigenvalue weighted by atomic mass is 35.5. The van der Waals surface area contributed by atoms with E-state index in [2.05, 4.69) is 41.0 Å². The number of carbonyl (C=O) groups excluding carboxylic acids is 1. The number of aryl methyl sites for hydroxylation is 1. The second-order valence-corrected chi connectivity index (χ2v) is 8.58. The van der Waals surface area contributed by atoms with E-state index < -0.39 is 0 Å². The predicted octanol–water partition coefficient (Wildman–Crippen LogP) is 3.56. The molecule has 0 N–H and O–H groups in total. The largest absolute Gasteiger partial charge is 0.493 e. The molecule has 1 fully saturated rings. The highest BCUT2D eigenvalue weighted by molar-refractivity contribution is 5.85. The third-order valence-electron chi connectivity index (χ3n) is 6.38. The van der Waals surface area contributed by atoms with Crippen molar-refractivity contribution < 1.29 is 14.3 Å². The number of halogens is 2. The topological polar surface area (TPSA) is 45.3 Å². The van der Waals surface area contributed by atoms with Crippen molar-refractivity contribution >= 4 is 30.7 Å². The number of fused-ring (bicyclic) bond motifs is 1. The Kier molecular flexibility index (Phi) is 10.3. The highest BCUT2D eigenvalue weighted by Crippen LogP contribution is 2.33. The van der Waals surface area contributed by atoms with Gasteiger partial charge in [0.25, 0.3) is 0 Å². The lowest BCUT2D eigenvalue weighted by Crippen LogP contribution is -2.50. The molecule has 0 aliphatic carbocycles. The highest BCUT2D eigenvalue weighted by Gasteiger charge is 2.25. The summed E-state index contributed by atoms with van der Waals surface area (Å²) < 4.78 is 10.9. The smallest absolute Gasteiger partial charge is 0.237 e. The second kappa shape index (κ2) is 12.5. The fourth-order valence-corrected chi connectivity index (χ4v) is 4.56. The van der Waals surface area contributed by atoms with Crippen LogP contribution in [0.15, 0.2) is 36.4 Å². The van der Waals surface area contributed by atoms with Crippen LogP contribution in [0.5, 0.6) is 11.5 Å². The number of amides is 1. The van der Waals surface area contributed by atoms with E-state index in [1.54, 1.807) is 14.2 Å². The fourth-order valence-electron chi connectivity index (χ4n) is 4.56. The van der Waals surface area contributed by atoms with Crippen molar-refractivity contribution in [3.05, 3.63) is 58.7 Å². The zero-order valence-electron chi connectivity index (χ0n) is 19.7. The molecule has 0 aromatic heterocycles. The van der Waals surface area contributed by atoms with Crippen molar-refractivity contribution in [1.29, 1.82) is 0 Å². The molecule has 2 aromatic rings. The van der Waals surface area contributed by atoms with Crippen LogP contribution in [0.1, 0.15) is 22.3 Å². The summed E-state index contributed by atoms with van der Waals surface area (Å²) in [6.45, 7) is 8.90. The van der Waals surface area contributed by atoms with Crippen LogP contribution in [0, 0.1) is 6.92 Å². The van der Waals surface area contributed by atoms with E-state index in [9.17, 15) is 4.79 Å². The van der Waals surface area contributed by atoms with E-state index in [1.165, 1.54) is 16.7 Å². The third-order valence-corrected chi connectivity index (χ3v) is 6.38. The van der Waals surface area contributed by atoms with Crippen molar-refractivity contribution in [1.82, 2.24) is 14.7 Å². The minimum atomic E-state index is 0. The Morgan fingerprint density at radius 1 is 0.879 bits per heavy atom. The lowest BCUT2D eigenvalue weighted by atomic mass is 9.98. The molecule has 2 aliphatic rings. The molecule has 0 spiro atoms. The monoisotopic (exact) mass is 495 g/mol. The Morgan fingerprint density at radius 2 is 1.52 bits per heavy atom. The lowest BCUT2D eigenvalue weighted by molar-refractivity contribution is -0.133. The van der Waals surface area contributed by atoms with Gasteiger partial charge >= 0.3 is 0 Å². The second-order valence-electron chi connectivity index (χ2n) is 8.58. The van der Waals surface area contributed by atoms with Crippen LogP contribution < -0.4 is 9.47 Å². The number of carbonyl (C=O) groups is 1. The maximum atomic E-state index is 13.0. The molecular weight excluding hydrogens is 461 g/mol. The van der Waals surface area contributed by atoms with Crippen molar-refractivity contribution in [2.45, 2.75) is 26.4 Å². The molecule has 182 valence electrons. The van der Waals surface area contributed by atoms with E-state index in [4.69, 9.17) is 9.47 Å². The van der Waals surface area contributed by atoms with E-state index >= 15 is 0 Å². The van der Waals surface area contributed by atoms with Crippen molar-refractivity contribution in [2.24, 2.45) is 0 Å². The molecule has 0 unspecified atom stereocenters. The third kappa shape index (κ3) is 6.76. The Balaban J connectivity index is 0.00000193. The van der Waals surface area contributed by atoms with E-state index in [0.29, 0.717) is 13.1 Å². The number of rotatable bonds is 6. The van der Waals surface area contributed by atoms with Gasteiger partial charge in [0.15, 0.2) is 11.5 Å². The maximum Gasteiger partial charge on any atom is 0.237 e. The van der Waals surface area contributed by atoms with Crippen LogP contribution in [0.3, 0.4) is 0 Å². The van der Waals surface area contributed by atoms with Crippen LogP contribution in [0.2, 0.25) is 0 Å². The predicted molar refractivity (Wildman–Crippen MR) is 136 cm³/mol. The van der Waals surface area contributed by atoms with Crippen LogP contribution in [0.4, 0.5) is 0 Å². The van der Waals surface area contributed by atoms with Gasteiger partial charge in [0.1, 0.15) is 0 Å². The number of hydrogen-bond donors (Lipinski definition) is 0. The molecular formula is C25H35Cl2N3O3. The Bertz CT molecular complexity index is 933. The zero-order chi connectivity index (χ0) is 21.8. The van der Waals surface area contributed by atoms with E-state index in [1.807, 2.05) is 17.0 Å². The van der Waals surface area contributed by atoms with Gasteiger partial charge in [0.05, 0.1) is 20.8 Å². The summed E-state index contributed by atoms with van der Waals surface area (Å²) in [4.78, 5) is 19.7. The molecule has 2 aromatic carbocycles. The average Bonchev–Trinajstić information content (AvgIpc) is 2.79. The summed E-state index contributed by atoms with van der Waals surface area (Å²) in [5.74, 6) is 1.69. The molecule has 6 nitrogen and oxygen atoms in total. The van der Waals surface area contributed by atoms with Gasteiger partial charge < -0.3 is 14.4 Å². The number of nitrogens with zero attached hydrogens (tertiary/aromatic N) is 3. The van der Waals surface area contributed by atoms with Gasteiger partial charge in [0, 0.05) is 45.8 Å². The van der Waals surface area contributed by atoms with Gasteiger partial charge in [-0.2, -0.15) is 0 Å². The van der Waals surface area contributed by atoms with E-state index in [-0.39, 0.29) is 30.7 Å². The first kappa shape index (κ1) is 27.3.